The zero-order valence-electron chi connectivity index (χ0n) is 10.1. The van der Waals surface area contributed by atoms with Gasteiger partial charge in [0.1, 0.15) is 0 Å². The Morgan fingerprint density at radius 1 is 1.06 bits per heavy atom. The second-order valence-corrected chi connectivity index (χ2v) is 4.66. The molecule has 0 radical (unpaired) electrons. The summed E-state index contributed by atoms with van der Waals surface area (Å²) in [6.45, 7) is 2.69. The van der Waals surface area contributed by atoms with E-state index in [0.29, 0.717) is 13.1 Å². The molecule has 0 spiro atoms. The minimum atomic E-state index is -0.710. The number of benzene rings is 1. The second kappa shape index (κ2) is 4.19. The number of para-hydroxylation sites is 2. The van der Waals surface area contributed by atoms with Gasteiger partial charge in [-0.2, -0.15) is 0 Å². The molecule has 2 heterocycles. The molecule has 1 aliphatic heterocycles. The number of β-amino-alcohol motifs (C(OH)–C–C–N with tert-alkyl or cyclic N) is 2. The van der Waals surface area contributed by atoms with Gasteiger partial charge in [-0.15, -0.1) is 0 Å². The van der Waals surface area contributed by atoms with Crippen LogP contribution in [0.2, 0.25) is 0 Å². The maximum atomic E-state index is 9.59. The summed E-state index contributed by atoms with van der Waals surface area (Å²) in [4.78, 5) is 10.9. The highest BCUT2D eigenvalue weighted by Gasteiger charge is 2.31. The summed E-state index contributed by atoms with van der Waals surface area (Å²) in [7, 11) is 0. The number of rotatable bonds is 1. The van der Waals surface area contributed by atoms with Crippen LogP contribution in [0.15, 0.2) is 24.3 Å². The van der Waals surface area contributed by atoms with Crippen molar-refractivity contribution in [1.29, 1.82) is 0 Å². The predicted octanol–water partition coefficient (Wildman–Crippen LogP) is 0.480. The Labute approximate surface area is 105 Å². The minimum absolute atomic E-state index is 0.398. The van der Waals surface area contributed by atoms with Gasteiger partial charge in [-0.25, -0.2) is 9.97 Å². The van der Waals surface area contributed by atoms with Crippen LogP contribution in [-0.2, 0) is 0 Å². The summed E-state index contributed by atoms with van der Waals surface area (Å²) in [6.07, 6.45) is -1.42. The Bertz CT molecular complexity index is 577. The molecule has 1 aromatic carbocycles. The first kappa shape index (κ1) is 11.4. The third-order valence-electron chi connectivity index (χ3n) is 3.28. The van der Waals surface area contributed by atoms with Gasteiger partial charge in [-0.1, -0.05) is 12.1 Å². The molecule has 2 atom stereocenters. The van der Waals surface area contributed by atoms with E-state index in [0.717, 1.165) is 22.5 Å². The summed E-state index contributed by atoms with van der Waals surface area (Å²) in [5, 5.41) is 19.2. The SMILES string of the molecule is Cc1nc2ccccc2nc1N1CC(O)C(O)C1. The lowest BCUT2D eigenvalue weighted by molar-refractivity contribution is 0.0572. The Hall–Kier alpha value is -1.72. The number of anilines is 1. The van der Waals surface area contributed by atoms with E-state index in [-0.39, 0.29) is 0 Å². The Morgan fingerprint density at radius 2 is 1.61 bits per heavy atom. The van der Waals surface area contributed by atoms with Gasteiger partial charge in [-0.05, 0) is 19.1 Å². The van der Waals surface area contributed by atoms with Crippen molar-refractivity contribution >= 4 is 16.9 Å². The number of nitrogens with zero attached hydrogens (tertiary/aromatic N) is 3. The minimum Gasteiger partial charge on any atom is -0.389 e. The smallest absolute Gasteiger partial charge is 0.150 e. The summed E-state index contributed by atoms with van der Waals surface area (Å²) >= 11 is 0. The molecule has 2 unspecified atom stereocenters. The molecule has 1 aromatic heterocycles. The highest BCUT2D eigenvalue weighted by Crippen LogP contribution is 2.23. The first-order valence-corrected chi connectivity index (χ1v) is 5.99. The van der Waals surface area contributed by atoms with Crippen molar-refractivity contribution in [3.63, 3.8) is 0 Å². The standard InChI is InChI=1S/C13H15N3O2/c1-8-13(16-6-11(17)12(18)7-16)15-10-5-3-2-4-9(10)14-8/h2-5,11-12,17-18H,6-7H2,1H3. The van der Waals surface area contributed by atoms with Crippen LogP contribution in [0.1, 0.15) is 5.69 Å². The van der Waals surface area contributed by atoms with Gasteiger partial charge >= 0.3 is 0 Å². The molecule has 0 saturated carbocycles. The second-order valence-electron chi connectivity index (χ2n) is 4.66. The topological polar surface area (TPSA) is 69.5 Å². The van der Waals surface area contributed by atoms with Crippen LogP contribution >= 0.6 is 0 Å². The highest BCUT2D eigenvalue weighted by atomic mass is 16.3. The molecule has 1 aliphatic rings. The number of aromatic nitrogens is 2. The van der Waals surface area contributed by atoms with Gasteiger partial charge < -0.3 is 15.1 Å². The molecule has 94 valence electrons. The third kappa shape index (κ3) is 1.81. The molecule has 1 fully saturated rings. The molecule has 2 aromatic rings. The number of hydrogen-bond donors (Lipinski definition) is 2. The molecule has 2 N–H and O–H groups in total. The van der Waals surface area contributed by atoms with E-state index < -0.39 is 12.2 Å². The van der Waals surface area contributed by atoms with Gasteiger partial charge in [0, 0.05) is 13.1 Å². The van der Waals surface area contributed by atoms with Crippen LogP contribution < -0.4 is 4.90 Å². The molecule has 1 saturated heterocycles. The molecule has 0 bridgehead atoms. The zero-order chi connectivity index (χ0) is 12.7. The van der Waals surface area contributed by atoms with Gasteiger partial charge in [0.05, 0.1) is 28.9 Å². The maximum absolute atomic E-state index is 9.59. The summed E-state index contributed by atoms with van der Waals surface area (Å²) in [5.74, 6) is 0.740. The van der Waals surface area contributed by atoms with E-state index in [9.17, 15) is 10.2 Å². The lowest BCUT2D eigenvalue weighted by atomic mass is 10.3. The average Bonchev–Trinajstić information content (AvgIpc) is 2.68. The third-order valence-corrected chi connectivity index (χ3v) is 3.28. The van der Waals surface area contributed by atoms with Crippen molar-refractivity contribution in [2.45, 2.75) is 19.1 Å². The maximum Gasteiger partial charge on any atom is 0.150 e. The van der Waals surface area contributed by atoms with E-state index in [1.807, 2.05) is 36.1 Å². The Kier molecular flexibility index (Phi) is 2.65. The van der Waals surface area contributed by atoms with Gasteiger partial charge in [0.25, 0.3) is 0 Å². The van der Waals surface area contributed by atoms with Gasteiger partial charge in [-0.3, -0.25) is 0 Å². The fraction of sp³-hybridized carbons (Fsp3) is 0.385. The van der Waals surface area contributed by atoms with Crippen LogP contribution in [0.4, 0.5) is 5.82 Å². The van der Waals surface area contributed by atoms with Gasteiger partial charge in [0.15, 0.2) is 5.82 Å². The highest BCUT2D eigenvalue weighted by molar-refractivity contribution is 5.76. The largest absolute Gasteiger partial charge is 0.389 e. The fourth-order valence-electron chi connectivity index (χ4n) is 2.32. The van der Waals surface area contributed by atoms with Gasteiger partial charge in [0.2, 0.25) is 0 Å². The molecule has 3 rings (SSSR count). The summed E-state index contributed by atoms with van der Waals surface area (Å²) in [5.41, 5.74) is 2.50. The molecule has 0 aliphatic carbocycles. The summed E-state index contributed by atoms with van der Waals surface area (Å²) in [6, 6.07) is 7.68. The average molecular weight is 245 g/mol. The Morgan fingerprint density at radius 3 is 2.22 bits per heavy atom. The van der Waals surface area contributed by atoms with Crippen LogP contribution in [-0.4, -0.2) is 45.5 Å². The van der Waals surface area contributed by atoms with Crippen LogP contribution in [0.3, 0.4) is 0 Å². The van der Waals surface area contributed by atoms with E-state index in [2.05, 4.69) is 9.97 Å². The van der Waals surface area contributed by atoms with Crippen LogP contribution in [0, 0.1) is 6.92 Å². The lowest BCUT2D eigenvalue weighted by Crippen LogP contribution is -2.23. The Balaban J connectivity index is 2.04. The lowest BCUT2D eigenvalue weighted by Gasteiger charge is -2.18. The number of aliphatic hydroxyl groups is 2. The first-order chi connectivity index (χ1) is 8.65. The van der Waals surface area contributed by atoms with Crippen molar-refractivity contribution in [3.05, 3.63) is 30.0 Å². The molecular formula is C13H15N3O2. The van der Waals surface area contributed by atoms with Crippen LogP contribution in [0.25, 0.3) is 11.0 Å². The van der Waals surface area contributed by atoms with E-state index >= 15 is 0 Å². The van der Waals surface area contributed by atoms with Crippen LogP contribution in [0.5, 0.6) is 0 Å². The molecule has 5 heteroatoms. The molecule has 0 amide bonds. The van der Waals surface area contributed by atoms with E-state index in [1.165, 1.54) is 0 Å². The predicted molar refractivity (Wildman–Crippen MR) is 68.5 cm³/mol. The first-order valence-electron chi connectivity index (χ1n) is 5.99. The number of aliphatic hydroxyl groups excluding tert-OH is 2. The molecule has 18 heavy (non-hydrogen) atoms. The quantitative estimate of drug-likeness (QED) is 0.764. The van der Waals surface area contributed by atoms with Crippen molar-refractivity contribution in [2.24, 2.45) is 0 Å². The number of hydrogen-bond acceptors (Lipinski definition) is 5. The van der Waals surface area contributed by atoms with E-state index in [4.69, 9.17) is 0 Å². The summed E-state index contributed by atoms with van der Waals surface area (Å²) < 4.78 is 0. The monoisotopic (exact) mass is 245 g/mol. The zero-order valence-corrected chi connectivity index (χ0v) is 10.1. The van der Waals surface area contributed by atoms with E-state index in [1.54, 1.807) is 0 Å². The normalized spacial score (nSPS) is 23.8. The van der Waals surface area contributed by atoms with Crippen molar-refractivity contribution < 1.29 is 10.2 Å². The van der Waals surface area contributed by atoms with Crippen molar-refractivity contribution in [3.8, 4) is 0 Å². The number of fused-ring (bicyclic) bond motifs is 1. The van der Waals surface area contributed by atoms with Crippen molar-refractivity contribution in [2.75, 3.05) is 18.0 Å². The number of aryl methyl sites for hydroxylation is 1. The molecule has 5 nitrogen and oxygen atoms in total. The van der Waals surface area contributed by atoms with Crippen molar-refractivity contribution in [1.82, 2.24) is 9.97 Å². The molecular weight excluding hydrogens is 230 g/mol. The fourth-order valence-corrected chi connectivity index (χ4v) is 2.32.